The smallest absolute Gasteiger partial charge is 0.181 e. The number of fused-ring (bicyclic) bond motifs is 1. The Morgan fingerprint density at radius 1 is 1.27 bits per heavy atom. The molecule has 1 saturated heterocycles. The maximum atomic E-state index is 6.37. The minimum atomic E-state index is 0.291. The topological polar surface area (TPSA) is 83.7 Å². The van der Waals surface area contributed by atoms with Crippen molar-refractivity contribution in [1.29, 1.82) is 0 Å². The van der Waals surface area contributed by atoms with Crippen molar-refractivity contribution in [2.75, 3.05) is 18.0 Å². The molecular formula is C20H26N6. The number of aromatic nitrogens is 4. The molecule has 0 bridgehead atoms. The zero-order chi connectivity index (χ0) is 18.1. The van der Waals surface area contributed by atoms with Gasteiger partial charge in [-0.15, -0.1) is 0 Å². The number of nitrogens with one attached hydrogen (secondary N) is 1. The first-order valence-corrected chi connectivity index (χ1v) is 9.39. The van der Waals surface area contributed by atoms with Gasteiger partial charge in [-0.3, -0.25) is 5.10 Å². The largest absolute Gasteiger partial charge is 0.356 e. The number of rotatable bonds is 4. The van der Waals surface area contributed by atoms with Crippen molar-refractivity contribution in [1.82, 2.24) is 20.2 Å². The Hall–Kier alpha value is -2.47. The first kappa shape index (κ1) is 17.0. The lowest BCUT2D eigenvalue weighted by molar-refractivity contribution is 0.303. The van der Waals surface area contributed by atoms with Crippen molar-refractivity contribution in [3.63, 3.8) is 0 Å². The number of piperidine rings is 1. The fraction of sp³-hybridized carbons (Fsp3) is 0.450. The van der Waals surface area contributed by atoms with Crippen LogP contribution in [-0.4, -0.2) is 39.3 Å². The molecule has 0 amide bonds. The Balaban J connectivity index is 1.61. The molecule has 2 atom stereocenters. The minimum Gasteiger partial charge on any atom is -0.356 e. The van der Waals surface area contributed by atoms with Gasteiger partial charge in [-0.05, 0) is 48.9 Å². The van der Waals surface area contributed by atoms with E-state index in [0.717, 1.165) is 54.2 Å². The van der Waals surface area contributed by atoms with Crippen molar-refractivity contribution < 1.29 is 0 Å². The van der Waals surface area contributed by atoms with Gasteiger partial charge in [0.05, 0.1) is 11.4 Å². The van der Waals surface area contributed by atoms with E-state index < -0.39 is 0 Å². The summed E-state index contributed by atoms with van der Waals surface area (Å²) in [5.74, 6) is 2.19. The van der Waals surface area contributed by atoms with Crippen LogP contribution in [0.25, 0.3) is 22.4 Å². The Morgan fingerprint density at radius 2 is 2.15 bits per heavy atom. The summed E-state index contributed by atoms with van der Waals surface area (Å²) >= 11 is 0. The summed E-state index contributed by atoms with van der Waals surface area (Å²) in [6.07, 6.45) is 3.93. The highest BCUT2D eigenvalue weighted by Crippen LogP contribution is 2.28. The number of aromatic amines is 1. The van der Waals surface area contributed by atoms with E-state index in [2.05, 4.69) is 46.1 Å². The molecule has 3 N–H and O–H groups in total. The van der Waals surface area contributed by atoms with Gasteiger partial charge in [0, 0.05) is 30.7 Å². The van der Waals surface area contributed by atoms with Crippen LogP contribution in [0.5, 0.6) is 0 Å². The number of pyridine rings is 2. The van der Waals surface area contributed by atoms with E-state index in [9.17, 15) is 0 Å². The van der Waals surface area contributed by atoms with Crippen LogP contribution in [0.4, 0.5) is 5.82 Å². The Bertz CT molecular complexity index is 887. The second-order valence-electron chi connectivity index (χ2n) is 7.64. The van der Waals surface area contributed by atoms with Crippen molar-refractivity contribution in [3.05, 3.63) is 36.5 Å². The molecule has 3 aromatic heterocycles. The molecular weight excluding hydrogens is 324 g/mol. The van der Waals surface area contributed by atoms with Gasteiger partial charge in [-0.2, -0.15) is 5.10 Å². The van der Waals surface area contributed by atoms with Crippen molar-refractivity contribution in [3.8, 4) is 11.4 Å². The lowest BCUT2D eigenvalue weighted by Gasteiger charge is -2.38. The van der Waals surface area contributed by atoms with Crippen molar-refractivity contribution in [2.24, 2.45) is 17.6 Å². The summed E-state index contributed by atoms with van der Waals surface area (Å²) in [4.78, 5) is 11.6. The summed E-state index contributed by atoms with van der Waals surface area (Å²) in [5.41, 5.74) is 8.90. The van der Waals surface area contributed by atoms with Crippen LogP contribution >= 0.6 is 0 Å². The standard InChI is InChI=1S/C20H26N6/c1-13(2)11-14-12-26(10-8-16(14)21)18-7-3-6-17(23-18)19-15-5-4-9-22-20(15)25-24-19/h3-7,9,13-14,16H,8,10-12,21H2,1-2H3,(H,22,24,25)/t14-,16+/m1/s1. The van der Waals surface area contributed by atoms with Gasteiger partial charge in [-0.25, -0.2) is 9.97 Å². The average molecular weight is 350 g/mol. The third-order valence-electron chi connectivity index (χ3n) is 5.21. The number of hydrogen-bond donors (Lipinski definition) is 2. The van der Waals surface area contributed by atoms with E-state index >= 15 is 0 Å². The van der Waals surface area contributed by atoms with Crippen molar-refractivity contribution in [2.45, 2.75) is 32.7 Å². The quantitative estimate of drug-likeness (QED) is 0.755. The molecule has 3 aromatic rings. The van der Waals surface area contributed by atoms with E-state index in [-0.39, 0.29) is 0 Å². The summed E-state index contributed by atoms with van der Waals surface area (Å²) in [6.45, 7) is 6.46. The number of anilines is 1. The highest BCUT2D eigenvalue weighted by molar-refractivity contribution is 5.89. The Morgan fingerprint density at radius 3 is 3.00 bits per heavy atom. The molecule has 0 spiro atoms. The second-order valence-corrected chi connectivity index (χ2v) is 7.64. The molecule has 6 nitrogen and oxygen atoms in total. The van der Waals surface area contributed by atoms with Gasteiger partial charge >= 0.3 is 0 Å². The molecule has 136 valence electrons. The zero-order valence-electron chi connectivity index (χ0n) is 15.4. The van der Waals surface area contributed by atoms with Gasteiger partial charge in [-0.1, -0.05) is 19.9 Å². The molecule has 0 radical (unpaired) electrons. The maximum Gasteiger partial charge on any atom is 0.181 e. The summed E-state index contributed by atoms with van der Waals surface area (Å²) < 4.78 is 0. The summed E-state index contributed by atoms with van der Waals surface area (Å²) in [6, 6.07) is 10.4. The molecule has 6 heteroatoms. The van der Waals surface area contributed by atoms with Crippen LogP contribution < -0.4 is 10.6 Å². The van der Waals surface area contributed by atoms with E-state index in [1.807, 2.05) is 18.2 Å². The first-order valence-electron chi connectivity index (χ1n) is 9.39. The van der Waals surface area contributed by atoms with Gasteiger partial charge in [0.2, 0.25) is 0 Å². The molecule has 0 aromatic carbocycles. The molecule has 4 heterocycles. The Kier molecular flexibility index (Phi) is 4.59. The van der Waals surface area contributed by atoms with E-state index in [1.54, 1.807) is 6.20 Å². The molecule has 1 aliphatic heterocycles. The van der Waals surface area contributed by atoms with Gasteiger partial charge in [0.1, 0.15) is 5.82 Å². The lowest BCUT2D eigenvalue weighted by atomic mass is 9.86. The minimum absolute atomic E-state index is 0.291. The second kappa shape index (κ2) is 7.03. The first-order chi connectivity index (χ1) is 12.6. The normalized spacial score (nSPS) is 20.8. The molecule has 0 saturated carbocycles. The molecule has 26 heavy (non-hydrogen) atoms. The summed E-state index contributed by atoms with van der Waals surface area (Å²) in [5, 5.41) is 8.37. The van der Waals surface area contributed by atoms with Crippen LogP contribution in [0.3, 0.4) is 0 Å². The van der Waals surface area contributed by atoms with Crippen LogP contribution in [0.15, 0.2) is 36.5 Å². The molecule has 1 aliphatic rings. The highest BCUT2D eigenvalue weighted by Gasteiger charge is 2.28. The number of nitrogens with zero attached hydrogens (tertiary/aromatic N) is 4. The maximum absolute atomic E-state index is 6.37. The molecule has 1 fully saturated rings. The number of nitrogens with two attached hydrogens (primary N) is 1. The highest BCUT2D eigenvalue weighted by atomic mass is 15.2. The molecule has 0 aliphatic carbocycles. The van der Waals surface area contributed by atoms with Gasteiger partial charge < -0.3 is 10.6 Å². The number of hydrogen-bond acceptors (Lipinski definition) is 5. The third-order valence-corrected chi connectivity index (χ3v) is 5.21. The van der Waals surface area contributed by atoms with Crippen LogP contribution in [0.2, 0.25) is 0 Å². The van der Waals surface area contributed by atoms with Crippen molar-refractivity contribution >= 4 is 16.9 Å². The summed E-state index contributed by atoms with van der Waals surface area (Å²) in [7, 11) is 0. The third kappa shape index (κ3) is 3.29. The fourth-order valence-corrected chi connectivity index (χ4v) is 3.90. The van der Waals surface area contributed by atoms with Crippen LogP contribution in [0.1, 0.15) is 26.7 Å². The molecule has 0 unspecified atom stereocenters. The molecule has 4 rings (SSSR count). The fourth-order valence-electron chi connectivity index (χ4n) is 3.90. The van der Waals surface area contributed by atoms with Crippen LogP contribution in [0, 0.1) is 11.8 Å². The van der Waals surface area contributed by atoms with E-state index in [4.69, 9.17) is 10.7 Å². The van der Waals surface area contributed by atoms with E-state index in [1.165, 1.54) is 0 Å². The zero-order valence-corrected chi connectivity index (χ0v) is 15.4. The van der Waals surface area contributed by atoms with Gasteiger partial charge in [0.25, 0.3) is 0 Å². The van der Waals surface area contributed by atoms with E-state index in [0.29, 0.717) is 17.9 Å². The lowest BCUT2D eigenvalue weighted by Crippen LogP contribution is -2.47. The Labute approximate surface area is 153 Å². The average Bonchev–Trinajstić information content (AvgIpc) is 3.07. The van der Waals surface area contributed by atoms with Crippen LogP contribution in [-0.2, 0) is 0 Å². The van der Waals surface area contributed by atoms with Gasteiger partial charge in [0.15, 0.2) is 5.65 Å². The predicted octanol–water partition coefficient (Wildman–Crippen LogP) is 3.22. The monoisotopic (exact) mass is 350 g/mol. The SMILES string of the molecule is CC(C)C[C@@H]1CN(c2cccc(-c3[nH]nc4ncccc34)n2)CC[C@@H]1N. The number of H-pyrrole nitrogens is 1. The predicted molar refractivity (Wildman–Crippen MR) is 105 cm³/mol.